The van der Waals surface area contributed by atoms with Crippen molar-refractivity contribution in [2.24, 2.45) is 0 Å². The maximum Gasteiger partial charge on any atom is 0.236 e. The standard InChI is InChI=1S/C15H15ClN6OS2/c1-2-22-12(7-10-3-5-11(16)6-4-10)19-21-15(22)24-8-13(23)18-14-20-17-9-25-14/h3-6,9H,2,7-8H2,1H3,(H,18,20,23). The Hall–Kier alpha value is -1.97. The van der Waals surface area contributed by atoms with Crippen LogP contribution >= 0.6 is 34.7 Å². The lowest BCUT2D eigenvalue weighted by atomic mass is 10.1. The van der Waals surface area contributed by atoms with E-state index in [4.69, 9.17) is 11.6 Å². The summed E-state index contributed by atoms with van der Waals surface area (Å²) in [5.41, 5.74) is 2.68. The molecule has 3 aromatic rings. The minimum Gasteiger partial charge on any atom is -0.306 e. The van der Waals surface area contributed by atoms with Gasteiger partial charge in [0.05, 0.1) is 5.75 Å². The van der Waals surface area contributed by atoms with Crippen LogP contribution in [0, 0.1) is 0 Å². The molecule has 0 saturated heterocycles. The second-order valence-corrected chi connectivity index (χ2v) is 7.24. The Morgan fingerprint density at radius 2 is 2.08 bits per heavy atom. The second-order valence-electron chi connectivity index (χ2n) is 5.03. The molecule has 0 bridgehead atoms. The lowest BCUT2D eigenvalue weighted by Crippen LogP contribution is -2.14. The summed E-state index contributed by atoms with van der Waals surface area (Å²) in [5, 5.41) is 20.6. The van der Waals surface area contributed by atoms with Crippen LogP contribution in [0.25, 0.3) is 0 Å². The molecule has 1 N–H and O–H groups in total. The lowest BCUT2D eigenvalue weighted by Gasteiger charge is -2.07. The van der Waals surface area contributed by atoms with Crippen LogP contribution < -0.4 is 5.32 Å². The Morgan fingerprint density at radius 1 is 1.28 bits per heavy atom. The highest BCUT2D eigenvalue weighted by Gasteiger charge is 2.14. The first-order chi connectivity index (χ1) is 12.2. The maximum absolute atomic E-state index is 12.0. The van der Waals surface area contributed by atoms with Gasteiger partial charge in [0.15, 0.2) is 5.16 Å². The first-order valence-corrected chi connectivity index (χ1v) is 9.75. The molecule has 0 unspecified atom stereocenters. The average molecular weight is 395 g/mol. The third-order valence-corrected chi connectivity index (χ3v) is 5.15. The SMILES string of the molecule is CCn1c(Cc2ccc(Cl)cc2)nnc1SCC(=O)Nc1nncs1. The summed E-state index contributed by atoms with van der Waals surface area (Å²) in [6, 6.07) is 7.66. The van der Waals surface area contributed by atoms with Crippen LogP contribution in [0.5, 0.6) is 0 Å². The summed E-state index contributed by atoms with van der Waals surface area (Å²) in [4.78, 5) is 12.0. The van der Waals surface area contributed by atoms with Crippen molar-refractivity contribution in [2.45, 2.75) is 25.0 Å². The lowest BCUT2D eigenvalue weighted by molar-refractivity contribution is -0.113. The van der Waals surface area contributed by atoms with E-state index in [0.29, 0.717) is 16.6 Å². The number of benzene rings is 1. The molecule has 0 saturated carbocycles. The molecule has 1 aromatic carbocycles. The molecule has 0 spiro atoms. The van der Waals surface area contributed by atoms with Crippen LogP contribution in [0.4, 0.5) is 5.13 Å². The molecule has 3 rings (SSSR count). The van der Waals surface area contributed by atoms with Gasteiger partial charge in [-0.1, -0.05) is 46.8 Å². The molecule has 0 aliphatic rings. The first-order valence-electron chi connectivity index (χ1n) is 7.51. The molecule has 7 nitrogen and oxygen atoms in total. The van der Waals surface area contributed by atoms with Gasteiger partial charge in [-0.15, -0.1) is 20.4 Å². The molecule has 25 heavy (non-hydrogen) atoms. The van der Waals surface area contributed by atoms with Gasteiger partial charge in [-0.25, -0.2) is 0 Å². The predicted molar refractivity (Wildman–Crippen MR) is 99.2 cm³/mol. The molecule has 10 heteroatoms. The van der Waals surface area contributed by atoms with Gasteiger partial charge in [-0.3, -0.25) is 10.1 Å². The zero-order chi connectivity index (χ0) is 17.6. The van der Waals surface area contributed by atoms with Gasteiger partial charge in [0, 0.05) is 18.0 Å². The van der Waals surface area contributed by atoms with Crippen LogP contribution in [0.1, 0.15) is 18.3 Å². The number of thioether (sulfide) groups is 1. The summed E-state index contributed by atoms with van der Waals surface area (Å²) in [6.07, 6.45) is 0.662. The van der Waals surface area contributed by atoms with Gasteiger partial charge in [-0.05, 0) is 24.6 Å². The Morgan fingerprint density at radius 3 is 2.76 bits per heavy atom. The summed E-state index contributed by atoms with van der Waals surface area (Å²) >= 11 is 8.55. The molecular weight excluding hydrogens is 380 g/mol. The van der Waals surface area contributed by atoms with E-state index in [1.165, 1.54) is 23.1 Å². The molecule has 0 atom stereocenters. The van der Waals surface area contributed by atoms with Crippen molar-refractivity contribution in [3.8, 4) is 0 Å². The Bertz CT molecular complexity index is 834. The largest absolute Gasteiger partial charge is 0.306 e. The highest BCUT2D eigenvalue weighted by Crippen LogP contribution is 2.20. The third-order valence-electron chi connectivity index (χ3n) is 3.32. The fraction of sp³-hybridized carbons (Fsp3) is 0.267. The van der Waals surface area contributed by atoms with E-state index >= 15 is 0 Å². The van der Waals surface area contributed by atoms with Crippen molar-refractivity contribution in [1.29, 1.82) is 0 Å². The van der Waals surface area contributed by atoms with Gasteiger partial charge in [-0.2, -0.15) is 0 Å². The zero-order valence-electron chi connectivity index (χ0n) is 13.3. The van der Waals surface area contributed by atoms with Crippen LogP contribution in [-0.4, -0.2) is 36.6 Å². The second kappa shape index (κ2) is 8.41. The molecule has 2 aromatic heterocycles. The van der Waals surface area contributed by atoms with E-state index in [2.05, 4.69) is 25.7 Å². The molecule has 0 radical (unpaired) electrons. The molecule has 0 aliphatic carbocycles. The highest BCUT2D eigenvalue weighted by atomic mass is 35.5. The average Bonchev–Trinajstić information content (AvgIpc) is 3.24. The smallest absolute Gasteiger partial charge is 0.236 e. The number of rotatable bonds is 7. The Labute approximate surface area is 157 Å². The number of hydrogen-bond acceptors (Lipinski definition) is 7. The number of nitrogens with one attached hydrogen (secondary N) is 1. The van der Waals surface area contributed by atoms with Gasteiger partial charge in [0.2, 0.25) is 11.0 Å². The number of halogens is 1. The Balaban J connectivity index is 1.63. The molecule has 2 heterocycles. The van der Waals surface area contributed by atoms with Crippen molar-refractivity contribution in [3.05, 3.63) is 46.2 Å². The van der Waals surface area contributed by atoms with Crippen LogP contribution in [0.3, 0.4) is 0 Å². The number of carbonyl (C=O) groups is 1. The fourth-order valence-electron chi connectivity index (χ4n) is 2.17. The summed E-state index contributed by atoms with van der Waals surface area (Å²) in [6.45, 7) is 2.76. The molecule has 130 valence electrons. The number of aromatic nitrogens is 5. The number of hydrogen-bond donors (Lipinski definition) is 1. The highest BCUT2D eigenvalue weighted by molar-refractivity contribution is 7.99. The van der Waals surface area contributed by atoms with E-state index in [0.717, 1.165) is 23.1 Å². The van der Waals surface area contributed by atoms with E-state index in [9.17, 15) is 4.79 Å². The van der Waals surface area contributed by atoms with Crippen molar-refractivity contribution < 1.29 is 4.79 Å². The van der Waals surface area contributed by atoms with Crippen molar-refractivity contribution >= 4 is 45.7 Å². The van der Waals surface area contributed by atoms with Gasteiger partial charge in [0.1, 0.15) is 11.3 Å². The first kappa shape index (κ1) is 17.8. The summed E-state index contributed by atoms with van der Waals surface area (Å²) < 4.78 is 2.01. The van der Waals surface area contributed by atoms with Crippen LogP contribution in [0.15, 0.2) is 34.9 Å². The van der Waals surface area contributed by atoms with Gasteiger partial charge < -0.3 is 4.57 Å². The zero-order valence-corrected chi connectivity index (χ0v) is 15.7. The third kappa shape index (κ3) is 4.77. The van der Waals surface area contributed by atoms with Crippen LogP contribution in [0.2, 0.25) is 5.02 Å². The van der Waals surface area contributed by atoms with Crippen LogP contribution in [-0.2, 0) is 17.8 Å². The van der Waals surface area contributed by atoms with E-state index in [1.807, 2.05) is 35.8 Å². The van der Waals surface area contributed by atoms with Crippen molar-refractivity contribution in [3.63, 3.8) is 0 Å². The van der Waals surface area contributed by atoms with Gasteiger partial charge in [0.25, 0.3) is 0 Å². The van der Waals surface area contributed by atoms with E-state index < -0.39 is 0 Å². The minimum atomic E-state index is -0.147. The summed E-state index contributed by atoms with van der Waals surface area (Å²) in [7, 11) is 0. The minimum absolute atomic E-state index is 0.147. The molecule has 0 aliphatic heterocycles. The Kier molecular flexibility index (Phi) is 6.00. The monoisotopic (exact) mass is 394 g/mol. The van der Waals surface area contributed by atoms with E-state index in [-0.39, 0.29) is 11.7 Å². The quantitative estimate of drug-likeness (QED) is 0.619. The molecule has 0 fully saturated rings. The topological polar surface area (TPSA) is 85.6 Å². The fourth-order valence-corrected chi connectivity index (χ4v) is 3.58. The summed E-state index contributed by atoms with van der Waals surface area (Å²) in [5.74, 6) is 0.946. The maximum atomic E-state index is 12.0. The normalized spacial score (nSPS) is 10.8. The van der Waals surface area contributed by atoms with E-state index in [1.54, 1.807) is 5.51 Å². The number of carbonyl (C=O) groups excluding carboxylic acids is 1. The number of amides is 1. The predicted octanol–water partition coefficient (Wildman–Crippen LogP) is 3.12. The number of anilines is 1. The number of nitrogens with zero attached hydrogens (tertiary/aromatic N) is 5. The molecular formula is C15H15ClN6OS2. The van der Waals surface area contributed by atoms with Crippen molar-refractivity contribution in [2.75, 3.05) is 11.1 Å². The van der Waals surface area contributed by atoms with Crippen molar-refractivity contribution in [1.82, 2.24) is 25.0 Å². The van der Waals surface area contributed by atoms with Gasteiger partial charge >= 0.3 is 0 Å². The molecule has 1 amide bonds.